The van der Waals surface area contributed by atoms with E-state index in [2.05, 4.69) is 4.74 Å². The van der Waals surface area contributed by atoms with Crippen molar-refractivity contribution in [2.24, 2.45) is 0 Å². The molecule has 0 aromatic heterocycles. The van der Waals surface area contributed by atoms with Gasteiger partial charge in [-0.3, -0.25) is 0 Å². The van der Waals surface area contributed by atoms with Crippen molar-refractivity contribution in [1.29, 1.82) is 0 Å². The van der Waals surface area contributed by atoms with Crippen molar-refractivity contribution in [3.63, 3.8) is 0 Å². The number of aliphatic hydroxyl groups excluding tert-OH is 2. The van der Waals surface area contributed by atoms with E-state index < -0.39 is 18.2 Å². The largest absolute Gasteiger partial charge is 0.482 e. The SMILES string of the molecule is COC(=O)COc1ccc(C(O)C(O)CCCl)cc1. The number of hydrogen-bond acceptors (Lipinski definition) is 5. The lowest BCUT2D eigenvalue weighted by molar-refractivity contribution is -0.142. The number of halogens is 1. The Morgan fingerprint density at radius 1 is 1.32 bits per heavy atom. The number of esters is 1. The average molecular weight is 289 g/mol. The Kier molecular flexibility index (Phi) is 6.62. The lowest BCUT2D eigenvalue weighted by atomic mass is 10.0. The van der Waals surface area contributed by atoms with Crippen molar-refractivity contribution in [2.75, 3.05) is 19.6 Å². The number of hydrogen-bond donors (Lipinski definition) is 2. The Morgan fingerprint density at radius 2 is 1.95 bits per heavy atom. The molecule has 0 aliphatic heterocycles. The van der Waals surface area contributed by atoms with E-state index in [1.807, 2.05) is 0 Å². The van der Waals surface area contributed by atoms with Crippen LogP contribution in [0, 0.1) is 0 Å². The quantitative estimate of drug-likeness (QED) is 0.583. The van der Waals surface area contributed by atoms with Gasteiger partial charge in [-0.2, -0.15) is 0 Å². The van der Waals surface area contributed by atoms with Crippen molar-refractivity contribution in [2.45, 2.75) is 18.6 Å². The summed E-state index contributed by atoms with van der Waals surface area (Å²) in [6.07, 6.45) is -1.59. The molecular weight excluding hydrogens is 272 g/mol. The number of aliphatic hydroxyl groups is 2. The standard InChI is InChI=1S/C13H17ClO5/c1-18-12(16)8-19-10-4-2-9(3-5-10)13(17)11(15)6-7-14/h2-5,11,13,15,17H,6-8H2,1H3. The second kappa shape index (κ2) is 7.99. The van der Waals surface area contributed by atoms with Gasteiger partial charge in [-0.15, -0.1) is 11.6 Å². The number of ether oxygens (including phenoxy) is 2. The molecule has 0 radical (unpaired) electrons. The Bertz CT molecular complexity index is 393. The number of carbonyl (C=O) groups excluding carboxylic acids is 1. The molecule has 0 saturated carbocycles. The zero-order valence-corrected chi connectivity index (χ0v) is 11.3. The zero-order chi connectivity index (χ0) is 14.3. The summed E-state index contributed by atoms with van der Waals surface area (Å²) in [5.74, 6) is 0.285. The van der Waals surface area contributed by atoms with Gasteiger partial charge in [0, 0.05) is 5.88 Å². The van der Waals surface area contributed by atoms with E-state index in [0.717, 1.165) is 0 Å². The average Bonchev–Trinajstić information content (AvgIpc) is 2.44. The second-order valence-electron chi connectivity index (χ2n) is 3.92. The minimum Gasteiger partial charge on any atom is -0.482 e. The highest BCUT2D eigenvalue weighted by Crippen LogP contribution is 2.22. The zero-order valence-electron chi connectivity index (χ0n) is 10.6. The summed E-state index contributed by atoms with van der Waals surface area (Å²) in [4.78, 5) is 10.9. The van der Waals surface area contributed by atoms with E-state index in [-0.39, 0.29) is 12.5 Å². The molecule has 0 aliphatic rings. The summed E-state index contributed by atoms with van der Waals surface area (Å²) < 4.78 is 9.60. The van der Waals surface area contributed by atoms with E-state index in [9.17, 15) is 15.0 Å². The van der Waals surface area contributed by atoms with Gasteiger partial charge in [-0.25, -0.2) is 4.79 Å². The van der Waals surface area contributed by atoms with E-state index >= 15 is 0 Å². The Labute approximate surface area is 116 Å². The molecule has 0 aliphatic carbocycles. The summed E-state index contributed by atoms with van der Waals surface area (Å²) in [5.41, 5.74) is 0.558. The molecule has 2 N–H and O–H groups in total. The highest BCUT2D eigenvalue weighted by Gasteiger charge is 2.17. The summed E-state index contributed by atoms with van der Waals surface area (Å²) in [6.45, 7) is -0.173. The first-order chi connectivity index (χ1) is 9.08. The van der Waals surface area contributed by atoms with Crippen molar-refractivity contribution in [3.8, 4) is 5.75 Å². The van der Waals surface area contributed by atoms with Gasteiger partial charge >= 0.3 is 5.97 Å². The lowest BCUT2D eigenvalue weighted by Gasteiger charge is -2.17. The minimum absolute atomic E-state index is 0.173. The van der Waals surface area contributed by atoms with E-state index in [4.69, 9.17) is 16.3 Å². The van der Waals surface area contributed by atoms with Crippen LogP contribution in [0.5, 0.6) is 5.75 Å². The first kappa shape index (κ1) is 15.8. The van der Waals surface area contributed by atoms with Crippen LogP contribution in [0.4, 0.5) is 0 Å². The third-order valence-electron chi connectivity index (χ3n) is 2.58. The van der Waals surface area contributed by atoms with E-state index in [1.54, 1.807) is 24.3 Å². The Morgan fingerprint density at radius 3 is 2.47 bits per heavy atom. The highest BCUT2D eigenvalue weighted by molar-refractivity contribution is 6.17. The van der Waals surface area contributed by atoms with Crippen LogP contribution in [0.15, 0.2) is 24.3 Å². The topological polar surface area (TPSA) is 76.0 Å². The lowest BCUT2D eigenvalue weighted by Crippen LogP contribution is -2.18. The van der Waals surface area contributed by atoms with Crippen LogP contribution < -0.4 is 4.74 Å². The molecule has 6 heteroatoms. The van der Waals surface area contributed by atoms with Crippen molar-refractivity contribution in [3.05, 3.63) is 29.8 Å². The fourth-order valence-electron chi connectivity index (χ4n) is 1.45. The van der Waals surface area contributed by atoms with Gasteiger partial charge in [-0.1, -0.05) is 12.1 Å². The molecule has 0 fully saturated rings. The van der Waals surface area contributed by atoms with Crippen molar-refractivity contribution >= 4 is 17.6 Å². The van der Waals surface area contributed by atoms with Gasteiger partial charge in [0.25, 0.3) is 0 Å². The maximum atomic E-state index is 10.9. The van der Waals surface area contributed by atoms with Gasteiger partial charge in [0.15, 0.2) is 6.61 Å². The van der Waals surface area contributed by atoms with E-state index in [1.165, 1.54) is 7.11 Å². The molecule has 19 heavy (non-hydrogen) atoms. The molecule has 2 atom stereocenters. The normalized spacial score (nSPS) is 13.7. The molecular formula is C13H17ClO5. The van der Waals surface area contributed by atoms with Crippen LogP contribution in [-0.2, 0) is 9.53 Å². The van der Waals surface area contributed by atoms with Gasteiger partial charge < -0.3 is 19.7 Å². The third-order valence-corrected chi connectivity index (χ3v) is 2.79. The highest BCUT2D eigenvalue weighted by atomic mass is 35.5. The summed E-state index contributed by atoms with van der Waals surface area (Å²) in [5, 5.41) is 19.5. The first-order valence-corrected chi connectivity index (χ1v) is 6.33. The fraction of sp³-hybridized carbons (Fsp3) is 0.462. The van der Waals surface area contributed by atoms with Crippen LogP contribution >= 0.6 is 11.6 Å². The molecule has 106 valence electrons. The van der Waals surface area contributed by atoms with Crippen LogP contribution in [-0.4, -0.2) is 41.9 Å². The number of benzene rings is 1. The smallest absolute Gasteiger partial charge is 0.343 e. The van der Waals surface area contributed by atoms with Crippen LogP contribution in [0.3, 0.4) is 0 Å². The van der Waals surface area contributed by atoms with E-state index in [0.29, 0.717) is 17.7 Å². The predicted molar refractivity (Wildman–Crippen MR) is 70.3 cm³/mol. The summed E-state index contributed by atoms with van der Waals surface area (Å²) in [7, 11) is 1.28. The summed E-state index contributed by atoms with van der Waals surface area (Å²) in [6, 6.07) is 6.45. The molecule has 2 unspecified atom stereocenters. The Hall–Kier alpha value is -1.30. The molecule has 0 heterocycles. The first-order valence-electron chi connectivity index (χ1n) is 5.80. The van der Waals surface area contributed by atoms with Crippen molar-refractivity contribution < 1.29 is 24.5 Å². The Balaban J connectivity index is 2.58. The summed E-state index contributed by atoms with van der Waals surface area (Å²) >= 11 is 5.50. The molecule has 0 spiro atoms. The molecule has 0 amide bonds. The number of carbonyl (C=O) groups is 1. The number of alkyl halides is 1. The molecule has 0 bridgehead atoms. The van der Waals surface area contributed by atoms with Gasteiger partial charge in [0.2, 0.25) is 0 Å². The second-order valence-corrected chi connectivity index (χ2v) is 4.30. The fourth-order valence-corrected chi connectivity index (χ4v) is 1.68. The molecule has 1 aromatic rings. The third kappa shape index (κ3) is 5.06. The van der Waals surface area contributed by atoms with Crippen molar-refractivity contribution in [1.82, 2.24) is 0 Å². The molecule has 1 aromatic carbocycles. The predicted octanol–water partition coefficient (Wildman–Crippen LogP) is 1.26. The minimum atomic E-state index is -0.992. The molecule has 0 saturated heterocycles. The van der Waals surface area contributed by atoms with Gasteiger partial charge in [0.05, 0.1) is 13.2 Å². The monoisotopic (exact) mass is 288 g/mol. The van der Waals surface area contributed by atoms with Crippen LogP contribution in [0.25, 0.3) is 0 Å². The number of rotatable bonds is 7. The molecule has 5 nitrogen and oxygen atoms in total. The van der Waals surface area contributed by atoms with Crippen LogP contribution in [0.2, 0.25) is 0 Å². The van der Waals surface area contributed by atoms with Gasteiger partial charge in [0.1, 0.15) is 11.9 Å². The maximum Gasteiger partial charge on any atom is 0.343 e. The number of methoxy groups -OCH3 is 1. The van der Waals surface area contributed by atoms with Gasteiger partial charge in [-0.05, 0) is 24.1 Å². The maximum absolute atomic E-state index is 10.9. The van der Waals surface area contributed by atoms with Crippen LogP contribution in [0.1, 0.15) is 18.1 Å². The molecule has 1 rings (SSSR count).